The maximum absolute atomic E-state index is 14.7. The zero-order valence-electron chi connectivity index (χ0n) is 19.5. The standard InChI is InChI=1S/C28H17F9O/c1-14-2-9-20(26(34)25(14)33)28(36,37)38-18-7-8-19(22(30)13-18)17-6-5-16(21(29)12-17)4-3-15-10-23(31)27(35)24(32)11-15/h2,5-13H,3-4H2,1H3. The van der Waals surface area contributed by atoms with Crippen LogP contribution in [0.15, 0.2) is 60.7 Å². The number of halogens is 9. The minimum atomic E-state index is -4.32. The lowest BCUT2D eigenvalue weighted by atomic mass is 9.99. The molecule has 4 aromatic rings. The molecule has 0 saturated carbocycles. The molecule has 0 amide bonds. The number of aryl methyl sites for hydroxylation is 3. The second-order valence-electron chi connectivity index (χ2n) is 8.50. The summed E-state index contributed by atoms with van der Waals surface area (Å²) in [5, 5.41) is 0. The lowest BCUT2D eigenvalue weighted by Crippen LogP contribution is -2.24. The van der Waals surface area contributed by atoms with E-state index in [0.29, 0.717) is 12.1 Å². The number of hydrogen-bond donors (Lipinski definition) is 0. The molecule has 0 bridgehead atoms. The predicted molar refractivity (Wildman–Crippen MR) is 121 cm³/mol. The van der Waals surface area contributed by atoms with Gasteiger partial charge in [0.05, 0.1) is 0 Å². The van der Waals surface area contributed by atoms with Gasteiger partial charge in [-0.2, -0.15) is 8.78 Å². The van der Waals surface area contributed by atoms with E-state index in [0.717, 1.165) is 36.4 Å². The highest BCUT2D eigenvalue weighted by Crippen LogP contribution is 2.36. The first-order chi connectivity index (χ1) is 17.9. The maximum atomic E-state index is 14.7. The van der Waals surface area contributed by atoms with Gasteiger partial charge < -0.3 is 4.74 Å². The molecule has 0 heterocycles. The van der Waals surface area contributed by atoms with Crippen LogP contribution in [0, 0.1) is 47.6 Å². The summed E-state index contributed by atoms with van der Waals surface area (Å²) >= 11 is 0. The Morgan fingerprint density at radius 3 is 1.95 bits per heavy atom. The van der Waals surface area contributed by atoms with E-state index in [2.05, 4.69) is 4.74 Å². The summed E-state index contributed by atoms with van der Waals surface area (Å²) in [6.07, 6.45) is -4.34. The molecule has 0 atom stereocenters. The summed E-state index contributed by atoms with van der Waals surface area (Å²) in [5.41, 5.74) is -1.43. The van der Waals surface area contributed by atoms with Crippen LogP contribution in [-0.4, -0.2) is 0 Å². The van der Waals surface area contributed by atoms with E-state index in [1.807, 2.05) is 0 Å². The van der Waals surface area contributed by atoms with Crippen LogP contribution < -0.4 is 4.74 Å². The van der Waals surface area contributed by atoms with Gasteiger partial charge in [0.2, 0.25) is 0 Å². The quantitative estimate of drug-likeness (QED) is 0.169. The van der Waals surface area contributed by atoms with Crippen LogP contribution in [0.3, 0.4) is 0 Å². The predicted octanol–water partition coefficient (Wildman–Crippen LogP) is 8.55. The van der Waals surface area contributed by atoms with Crippen molar-refractivity contribution in [3.05, 3.63) is 124 Å². The number of ether oxygens (including phenoxy) is 1. The van der Waals surface area contributed by atoms with Gasteiger partial charge in [-0.3, -0.25) is 0 Å². The van der Waals surface area contributed by atoms with Gasteiger partial charge in [-0.05, 0) is 78.4 Å². The molecule has 0 saturated heterocycles. The Morgan fingerprint density at radius 1 is 0.632 bits per heavy atom. The Balaban J connectivity index is 1.51. The molecule has 0 N–H and O–H groups in total. The topological polar surface area (TPSA) is 9.23 Å². The van der Waals surface area contributed by atoms with Crippen molar-refractivity contribution < 1.29 is 44.3 Å². The third-order valence-electron chi connectivity index (χ3n) is 5.87. The van der Waals surface area contributed by atoms with E-state index >= 15 is 0 Å². The summed E-state index contributed by atoms with van der Waals surface area (Å²) in [6.45, 7) is 1.19. The lowest BCUT2D eigenvalue weighted by molar-refractivity contribution is -0.187. The van der Waals surface area contributed by atoms with Crippen LogP contribution in [0.2, 0.25) is 0 Å². The van der Waals surface area contributed by atoms with E-state index in [4.69, 9.17) is 0 Å². The average molecular weight is 540 g/mol. The summed E-state index contributed by atoms with van der Waals surface area (Å²) in [6, 6.07) is 9.45. The second-order valence-corrected chi connectivity index (χ2v) is 8.50. The van der Waals surface area contributed by atoms with Crippen LogP contribution in [0.5, 0.6) is 5.75 Å². The van der Waals surface area contributed by atoms with Crippen LogP contribution in [0.25, 0.3) is 11.1 Å². The van der Waals surface area contributed by atoms with Crippen molar-refractivity contribution in [3.63, 3.8) is 0 Å². The fourth-order valence-corrected chi connectivity index (χ4v) is 3.82. The highest BCUT2D eigenvalue weighted by atomic mass is 19.3. The highest BCUT2D eigenvalue weighted by molar-refractivity contribution is 5.65. The van der Waals surface area contributed by atoms with Gasteiger partial charge in [0.15, 0.2) is 29.1 Å². The van der Waals surface area contributed by atoms with Crippen molar-refractivity contribution in [2.24, 2.45) is 0 Å². The van der Waals surface area contributed by atoms with Gasteiger partial charge in [-0.15, -0.1) is 0 Å². The third kappa shape index (κ3) is 5.49. The zero-order valence-corrected chi connectivity index (χ0v) is 19.5. The largest absolute Gasteiger partial charge is 0.429 e. The lowest BCUT2D eigenvalue weighted by Gasteiger charge is -2.20. The molecule has 4 aromatic carbocycles. The first kappa shape index (κ1) is 27.1. The Labute approximate surface area is 211 Å². The maximum Gasteiger partial charge on any atom is 0.429 e. The minimum absolute atomic E-state index is 0.00284. The molecule has 0 fully saturated rings. The van der Waals surface area contributed by atoms with Gasteiger partial charge in [-0.25, -0.2) is 30.7 Å². The Morgan fingerprint density at radius 2 is 1.32 bits per heavy atom. The van der Waals surface area contributed by atoms with Gasteiger partial charge in [0.1, 0.15) is 22.9 Å². The molecule has 0 aliphatic carbocycles. The monoisotopic (exact) mass is 540 g/mol. The van der Waals surface area contributed by atoms with Crippen molar-refractivity contribution in [2.75, 3.05) is 0 Å². The second kappa shape index (κ2) is 10.4. The summed E-state index contributed by atoms with van der Waals surface area (Å²) in [5.74, 6) is -10.1. The fourth-order valence-electron chi connectivity index (χ4n) is 3.82. The fraction of sp³-hybridized carbons (Fsp3) is 0.143. The van der Waals surface area contributed by atoms with Crippen molar-refractivity contribution >= 4 is 0 Å². The molecule has 0 unspecified atom stereocenters. The van der Waals surface area contributed by atoms with Gasteiger partial charge in [-0.1, -0.05) is 18.2 Å². The molecule has 10 heteroatoms. The molecule has 1 nitrogen and oxygen atoms in total. The van der Waals surface area contributed by atoms with E-state index in [-0.39, 0.29) is 40.7 Å². The third-order valence-corrected chi connectivity index (χ3v) is 5.87. The molecule has 0 aromatic heterocycles. The van der Waals surface area contributed by atoms with Crippen LogP contribution >= 0.6 is 0 Å². The van der Waals surface area contributed by atoms with Crippen LogP contribution in [0.1, 0.15) is 22.3 Å². The van der Waals surface area contributed by atoms with E-state index in [9.17, 15) is 39.5 Å². The normalized spacial score (nSPS) is 11.6. The number of benzene rings is 4. The van der Waals surface area contributed by atoms with Crippen molar-refractivity contribution in [3.8, 4) is 16.9 Å². The van der Waals surface area contributed by atoms with Gasteiger partial charge >= 0.3 is 6.11 Å². The average Bonchev–Trinajstić information content (AvgIpc) is 2.84. The zero-order chi connectivity index (χ0) is 27.8. The van der Waals surface area contributed by atoms with Gasteiger partial charge in [0, 0.05) is 11.6 Å². The highest BCUT2D eigenvalue weighted by Gasteiger charge is 2.39. The van der Waals surface area contributed by atoms with Crippen LogP contribution in [0.4, 0.5) is 39.5 Å². The first-order valence-corrected chi connectivity index (χ1v) is 11.1. The van der Waals surface area contributed by atoms with E-state index in [1.165, 1.54) is 19.1 Å². The summed E-state index contributed by atoms with van der Waals surface area (Å²) < 4.78 is 130. The number of alkyl halides is 2. The van der Waals surface area contributed by atoms with Gasteiger partial charge in [0.25, 0.3) is 0 Å². The number of rotatable bonds is 7. The molecule has 0 aliphatic rings. The number of hydrogen-bond acceptors (Lipinski definition) is 1. The summed E-state index contributed by atoms with van der Waals surface area (Å²) in [4.78, 5) is 0. The molecule has 0 radical (unpaired) electrons. The molecule has 4 rings (SSSR count). The van der Waals surface area contributed by atoms with Crippen molar-refractivity contribution in [1.82, 2.24) is 0 Å². The van der Waals surface area contributed by atoms with Crippen molar-refractivity contribution in [1.29, 1.82) is 0 Å². The van der Waals surface area contributed by atoms with E-state index in [1.54, 1.807) is 0 Å². The molecule has 198 valence electrons. The van der Waals surface area contributed by atoms with E-state index < -0.39 is 58.1 Å². The summed E-state index contributed by atoms with van der Waals surface area (Å²) in [7, 11) is 0. The minimum Gasteiger partial charge on any atom is -0.429 e. The molecule has 38 heavy (non-hydrogen) atoms. The van der Waals surface area contributed by atoms with Crippen LogP contribution in [-0.2, 0) is 19.0 Å². The molecule has 0 spiro atoms. The Kier molecular flexibility index (Phi) is 7.44. The smallest absolute Gasteiger partial charge is 0.429 e. The molecular formula is C28H17F9O. The SMILES string of the molecule is Cc1ccc(C(F)(F)Oc2ccc(-c3ccc(CCc4cc(F)c(F)c(F)c4)c(F)c3)c(F)c2)c(F)c1F. The first-order valence-electron chi connectivity index (χ1n) is 11.1. The Bertz CT molecular complexity index is 1490. The van der Waals surface area contributed by atoms with Crippen molar-refractivity contribution in [2.45, 2.75) is 25.9 Å². The molecule has 0 aliphatic heterocycles. The Hall–Kier alpha value is -3.95. The molecular weight excluding hydrogens is 523 g/mol.